The van der Waals surface area contributed by atoms with Gasteiger partial charge in [0.25, 0.3) is 0 Å². The van der Waals surface area contributed by atoms with Crippen LogP contribution in [-0.4, -0.2) is 49.5 Å². The summed E-state index contributed by atoms with van der Waals surface area (Å²) in [6.45, 7) is 4.27. The highest BCUT2D eigenvalue weighted by atomic mass is 32.2. The van der Waals surface area contributed by atoms with Gasteiger partial charge in [-0.2, -0.15) is 0 Å². The van der Waals surface area contributed by atoms with Gasteiger partial charge in [0.15, 0.2) is 5.65 Å². The molecule has 1 unspecified atom stereocenters. The van der Waals surface area contributed by atoms with Gasteiger partial charge in [0, 0.05) is 24.9 Å². The fraction of sp³-hybridized carbons (Fsp3) is 0.500. The first-order chi connectivity index (χ1) is 11.5. The molecular formula is C16H21N5O2S. The van der Waals surface area contributed by atoms with E-state index in [9.17, 15) is 9.59 Å². The minimum atomic E-state index is -0.467. The molecule has 24 heavy (non-hydrogen) atoms. The van der Waals surface area contributed by atoms with Crippen molar-refractivity contribution < 1.29 is 9.59 Å². The first-order valence-electron chi connectivity index (χ1n) is 7.99. The highest BCUT2D eigenvalue weighted by Crippen LogP contribution is 2.28. The number of hydrogen-bond acceptors (Lipinski definition) is 5. The Morgan fingerprint density at radius 3 is 3.08 bits per heavy atom. The maximum absolute atomic E-state index is 12.2. The van der Waals surface area contributed by atoms with Crippen molar-refractivity contribution in [1.82, 2.24) is 25.2 Å². The van der Waals surface area contributed by atoms with Crippen LogP contribution in [0.4, 0.5) is 0 Å². The molecule has 3 heterocycles. The number of pyridine rings is 1. The predicted octanol–water partition coefficient (Wildman–Crippen LogP) is 0.788. The van der Waals surface area contributed by atoms with Crippen LogP contribution in [0.5, 0.6) is 0 Å². The van der Waals surface area contributed by atoms with Crippen molar-refractivity contribution >= 4 is 29.2 Å². The third-order valence-corrected chi connectivity index (χ3v) is 5.45. The number of hydrogen-bond donors (Lipinski definition) is 2. The predicted molar refractivity (Wildman–Crippen MR) is 92.8 cm³/mol. The van der Waals surface area contributed by atoms with Gasteiger partial charge in [0.1, 0.15) is 11.9 Å². The Morgan fingerprint density at radius 1 is 1.46 bits per heavy atom. The van der Waals surface area contributed by atoms with Crippen molar-refractivity contribution in [2.24, 2.45) is 0 Å². The summed E-state index contributed by atoms with van der Waals surface area (Å²) >= 11 is 1.51. The fourth-order valence-corrected chi connectivity index (χ4v) is 3.52. The standard InChI is InChI=1S/C16H21N5O2S/c1-16(2)15(23)18-11(10-24-16)14(22)17-8-5-7-13-20-19-12-6-3-4-9-21(12)13/h3-4,6,9,11H,5,7-8,10H2,1-2H3,(H,17,22)(H,18,23). The van der Waals surface area contributed by atoms with Gasteiger partial charge in [0.2, 0.25) is 11.8 Å². The smallest absolute Gasteiger partial charge is 0.243 e. The van der Waals surface area contributed by atoms with Crippen molar-refractivity contribution in [1.29, 1.82) is 0 Å². The lowest BCUT2D eigenvalue weighted by atomic mass is 10.1. The molecule has 2 amide bonds. The molecule has 0 spiro atoms. The number of aromatic nitrogens is 3. The molecule has 3 rings (SSSR count). The molecule has 0 radical (unpaired) electrons. The molecule has 1 atom stereocenters. The average Bonchev–Trinajstić information content (AvgIpc) is 2.97. The van der Waals surface area contributed by atoms with E-state index >= 15 is 0 Å². The van der Waals surface area contributed by atoms with Crippen LogP contribution in [0.3, 0.4) is 0 Å². The van der Waals surface area contributed by atoms with Crippen molar-refractivity contribution in [2.45, 2.75) is 37.5 Å². The van der Waals surface area contributed by atoms with Gasteiger partial charge >= 0.3 is 0 Å². The number of aryl methyl sites for hydroxylation is 1. The Morgan fingerprint density at radius 2 is 2.29 bits per heavy atom. The molecule has 2 aromatic heterocycles. The molecule has 1 fully saturated rings. The van der Waals surface area contributed by atoms with Crippen molar-refractivity contribution in [3.8, 4) is 0 Å². The van der Waals surface area contributed by atoms with Gasteiger partial charge in [-0.3, -0.25) is 14.0 Å². The number of carbonyl (C=O) groups is 2. The molecule has 0 saturated carbocycles. The maximum Gasteiger partial charge on any atom is 0.243 e. The molecule has 2 N–H and O–H groups in total. The summed E-state index contributed by atoms with van der Waals surface area (Å²) in [6, 6.07) is 5.31. The first kappa shape index (κ1) is 16.8. The summed E-state index contributed by atoms with van der Waals surface area (Å²) in [6.07, 6.45) is 3.42. The van der Waals surface area contributed by atoms with Crippen LogP contribution < -0.4 is 10.6 Å². The van der Waals surface area contributed by atoms with Crippen LogP contribution in [0.25, 0.3) is 5.65 Å². The minimum Gasteiger partial charge on any atom is -0.354 e. The first-order valence-corrected chi connectivity index (χ1v) is 8.97. The molecular weight excluding hydrogens is 326 g/mol. The van der Waals surface area contributed by atoms with Gasteiger partial charge in [-0.25, -0.2) is 0 Å². The molecule has 0 aromatic carbocycles. The number of thioether (sulfide) groups is 1. The maximum atomic E-state index is 12.2. The SMILES string of the molecule is CC1(C)SCC(C(=O)NCCCc2nnc3ccccn23)NC1=O. The quantitative estimate of drug-likeness (QED) is 0.781. The average molecular weight is 347 g/mol. The van der Waals surface area contributed by atoms with E-state index in [4.69, 9.17) is 0 Å². The monoisotopic (exact) mass is 347 g/mol. The molecule has 0 bridgehead atoms. The van der Waals surface area contributed by atoms with Gasteiger partial charge < -0.3 is 10.6 Å². The van der Waals surface area contributed by atoms with Crippen LogP contribution in [-0.2, 0) is 16.0 Å². The lowest BCUT2D eigenvalue weighted by Crippen LogP contribution is -2.57. The van der Waals surface area contributed by atoms with E-state index in [0.717, 1.165) is 24.3 Å². The number of fused-ring (bicyclic) bond motifs is 1. The van der Waals surface area contributed by atoms with Crippen molar-refractivity contribution in [2.75, 3.05) is 12.3 Å². The van der Waals surface area contributed by atoms with Crippen LogP contribution in [0.15, 0.2) is 24.4 Å². The highest BCUT2D eigenvalue weighted by molar-refractivity contribution is 8.01. The Hall–Kier alpha value is -2.09. The normalized spacial score (nSPS) is 19.9. The van der Waals surface area contributed by atoms with Crippen molar-refractivity contribution in [3.05, 3.63) is 30.2 Å². The Bertz CT molecular complexity index is 758. The van der Waals surface area contributed by atoms with E-state index in [2.05, 4.69) is 20.8 Å². The summed E-state index contributed by atoms with van der Waals surface area (Å²) in [5, 5.41) is 13.9. The van der Waals surface area contributed by atoms with E-state index in [1.54, 1.807) is 0 Å². The zero-order chi connectivity index (χ0) is 17.2. The molecule has 1 aliphatic rings. The third kappa shape index (κ3) is 3.53. The summed E-state index contributed by atoms with van der Waals surface area (Å²) in [4.78, 5) is 24.1. The molecule has 1 aliphatic heterocycles. The van der Waals surface area contributed by atoms with Crippen molar-refractivity contribution in [3.63, 3.8) is 0 Å². The summed E-state index contributed by atoms with van der Waals surface area (Å²) < 4.78 is 1.48. The van der Waals surface area contributed by atoms with E-state index in [0.29, 0.717) is 12.3 Å². The Kier molecular flexibility index (Phi) is 4.75. The van der Waals surface area contributed by atoms with Gasteiger partial charge in [-0.05, 0) is 32.4 Å². The number of nitrogens with zero attached hydrogens (tertiary/aromatic N) is 3. The lowest BCUT2D eigenvalue weighted by Gasteiger charge is -2.32. The highest BCUT2D eigenvalue weighted by Gasteiger charge is 2.37. The summed E-state index contributed by atoms with van der Waals surface area (Å²) in [7, 11) is 0. The zero-order valence-electron chi connectivity index (χ0n) is 13.8. The van der Waals surface area contributed by atoms with Crippen LogP contribution in [0.2, 0.25) is 0 Å². The molecule has 128 valence electrons. The number of rotatable bonds is 5. The number of amides is 2. The van der Waals surface area contributed by atoms with Crippen LogP contribution in [0, 0.1) is 0 Å². The second kappa shape index (κ2) is 6.80. The summed E-state index contributed by atoms with van der Waals surface area (Å²) in [5.41, 5.74) is 0.820. The molecule has 0 aliphatic carbocycles. The van der Waals surface area contributed by atoms with E-state index in [1.165, 1.54) is 11.8 Å². The van der Waals surface area contributed by atoms with E-state index in [1.807, 2.05) is 42.6 Å². The minimum absolute atomic E-state index is 0.0890. The molecule has 2 aromatic rings. The van der Waals surface area contributed by atoms with Gasteiger partial charge in [-0.1, -0.05) is 6.07 Å². The van der Waals surface area contributed by atoms with E-state index in [-0.39, 0.29) is 11.8 Å². The molecule has 8 heteroatoms. The summed E-state index contributed by atoms with van der Waals surface area (Å²) in [5.74, 6) is 1.26. The Balaban J connectivity index is 1.45. The van der Waals surface area contributed by atoms with Crippen LogP contribution in [0.1, 0.15) is 26.1 Å². The second-order valence-electron chi connectivity index (χ2n) is 6.29. The van der Waals surface area contributed by atoms with Crippen LogP contribution >= 0.6 is 11.8 Å². The van der Waals surface area contributed by atoms with E-state index < -0.39 is 10.8 Å². The Labute approximate surface area is 144 Å². The third-order valence-electron chi connectivity index (χ3n) is 4.04. The number of nitrogens with one attached hydrogen (secondary N) is 2. The second-order valence-corrected chi connectivity index (χ2v) is 7.93. The van der Waals surface area contributed by atoms with Gasteiger partial charge in [-0.15, -0.1) is 22.0 Å². The number of carbonyl (C=O) groups excluding carboxylic acids is 2. The fourth-order valence-electron chi connectivity index (χ4n) is 2.51. The zero-order valence-corrected chi connectivity index (χ0v) is 14.6. The van der Waals surface area contributed by atoms with Gasteiger partial charge in [0.05, 0.1) is 4.75 Å². The molecule has 1 saturated heterocycles. The largest absolute Gasteiger partial charge is 0.354 e. The topological polar surface area (TPSA) is 88.4 Å². The molecule has 7 nitrogen and oxygen atoms in total. The lowest BCUT2D eigenvalue weighted by molar-refractivity contribution is -0.129.